The zero-order valence-corrected chi connectivity index (χ0v) is 19.2. The monoisotopic (exact) mass is 505 g/mol. The first-order valence-corrected chi connectivity index (χ1v) is 10.7. The van der Waals surface area contributed by atoms with Gasteiger partial charge in [0, 0.05) is 13.1 Å². The average Bonchev–Trinajstić information content (AvgIpc) is 2.83. The largest absolute Gasteiger partial charge is 0.497 e. The summed E-state index contributed by atoms with van der Waals surface area (Å²) >= 11 is 3.43. The Morgan fingerprint density at radius 1 is 1.09 bits per heavy atom. The van der Waals surface area contributed by atoms with Crippen molar-refractivity contribution in [1.82, 2.24) is 10.3 Å². The molecular weight excluding hydrogens is 482 g/mol. The maximum atomic E-state index is 12.2. The zero-order valence-electron chi connectivity index (χ0n) is 17.6. The van der Waals surface area contributed by atoms with Crippen LogP contribution in [-0.4, -0.2) is 69.6 Å². The van der Waals surface area contributed by atoms with E-state index in [4.69, 9.17) is 18.9 Å². The third kappa shape index (κ3) is 7.24. The Bertz CT molecular complexity index is 945. The highest BCUT2D eigenvalue weighted by molar-refractivity contribution is 9.10. The van der Waals surface area contributed by atoms with Gasteiger partial charge in [-0.05, 0) is 64.0 Å². The molecule has 3 rings (SSSR count). The number of benzene rings is 2. The molecule has 2 amide bonds. The van der Waals surface area contributed by atoms with Gasteiger partial charge in [-0.15, -0.1) is 0 Å². The smallest absolute Gasteiger partial charge is 0.277 e. The van der Waals surface area contributed by atoms with Crippen LogP contribution >= 0.6 is 15.9 Å². The third-order valence-corrected chi connectivity index (χ3v) is 5.12. The number of ether oxygens (including phenoxy) is 4. The first kappa shape index (κ1) is 23.6. The van der Waals surface area contributed by atoms with E-state index in [0.717, 1.165) is 5.56 Å². The predicted molar refractivity (Wildman–Crippen MR) is 121 cm³/mol. The third-order valence-electron chi connectivity index (χ3n) is 4.50. The summed E-state index contributed by atoms with van der Waals surface area (Å²) in [5, 5.41) is 3.93. The van der Waals surface area contributed by atoms with Crippen LogP contribution in [0.5, 0.6) is 17.2 Å². The van der Waals surface area contributed by atoms with Crippen molar-refractivity contribution in [2.45, 2.75) is 0 Å². The number of hydrogen-bond acceptors (Lipinski definition) is 7. The summed E-state index contributed by atoms with van der Waals surface area (Å²) in [6.07, 6.45) is 1.50. The fourth-order valence-corrected chi connectivity index (χ4v) is 3.30. The number of nitrogens with zero attached hydrogens (tertiary/aromatic N) is 2. The van der Waals surface area contributed by atoms with Crippen molar-refractivity contribution in [3.63, 3.8) is 0 Å². The van der Waals surface area contributed by atoms with E-state index in [-0.39, 0.29) is 19.1 Å². The van der Waals surface area contributed by atoms with Crippen molar-refractivity contribution in [2.24, 2.45) is 5.10 Å². The van der Waals surface area contributed by atoms with E-state index in [9.17, 15) is 9.59 Å². The second-order valence-electron chi connectivity index (χ2n) is 6.73. The molecule has 1 aliphatic heterocycles. The summed E-state index contributed by atoms with van der Waals surface area (Å²) in [4.78, 5) is 25.8. The minimum absolute atomic E-state index is 0.0453. The van der Waals surface area contributed by atoms with Crippen LogP contribution in [-0.2, 0) is 14.3 Å². The van der Waals surface area contributed by atoms with Gasteiger partial charge in [0.2, 0.25) is 0 Å². The Hall–Kier alpha value is -3.11. The highest BCUT2D eigenvalue weighted by atomic mass is 79.9. The number of carbonyl (C=O) groups is 2. The van der Waals surface area contributed by atoms with Gasteiger partial charge in [-0.2, -0.15) is 5.10 Å². The van der Waals surface area contributed by atoms with E-state index in [1.807, 2.05) is 0 Å². The summed E-state index contributed by atoms with van der Waals surface area (Å²) in [5.74, 6) is 1.33. The van der Waals surface area contributed by atoms with E-state index in [1.165, 1.54) is 6.21 Å². The molecule has 1 fully saturated rings. The van der Waals surface area contributed by atoms with Crippen LogP contribution in [0.3, 0.4) is 0 Å². The highest BCUT2D eigenvalue weighted by Crippen LogP contribution is 2.25. The van der Waals surface area contributed by atoms with Gasteiger partial charge < -0.3 is 23.8 Å². The van der Waals surface area contributed by atoms with Gasteiger partial charge in [0.25, 0.3) is 11.8 Å². The van der Waals surface area contributed by atoms with Crippen LogP contribution < -0.4 is 19.6 Å². The van der Waals surface area contributed by atoms with Gasteiger partial charge in [-0.25, -0.2) is 5.43 Å². The molecule has 32 heavy (non-hydrogen) atoms. The van der Waals surface area contributed by atoms with Crippen molar-refractivity contribution in [3.05, 3.63) is 52.5 Å². The van der Waals surface area contributed by atoms with Gasteiger partial charge in [-0.1, -0.05) is 0 Å². The van der Waals surface area contributed by atoms with Crippen LogP contribution in [0.4, 0.5) is 0 Å². The first-order chi connectivity index (χ1) is 15.5. The number of methoxy groups -OCH3 is 1. The summed E-state index contributed by atoms with van der Waals surface area (Å²) in [6, 6.07) is 12.2. The molecule has 170 valence electrons. The molecule has 0 unspecified atom stereocenters. The van der Waals surface area contributed by atoms with Crippen molar-refractivity contribution in [1.29, 1.82) is 0 Å². The molecule has 1 heterocycles. The number of amides is 2. The van der Waals surface area contributed by atoms with Gasteiger partial charge in [-0.3, -0.25) is 9.59 Å². The standard InChI is InChI=1S/C22H24BrN3O6/c1-29-17-3-5-18(6-4-17)31-14-21(27)25-24-13-16-2-7-20(19(23)12-16)32-15-22(28)26-8-10-30-11-9-26/h2-7,12-13H,8-11,14-15H2,1H3,(H,25,27)/b24-13+. The number of halogens is 1. The molecule has 2 aromatic carbocycles. The normalized spacial score (nSPS) is 13.6. The Kier molecular flexibility index (Phi) is 8.88. The fraction of sp³-hybridized carbons (Fsp3) is 0.318. The van der Waals surface area contributed by atoms with Gasteiger partial charge >= 0.3 is 0 Å². The highest BCUT2D eigenvalue weighted by Gasteiger charge is 2.17. The minimum atomic E-state index is -0.391. The molecule has 9 nitrogen and oxygen atoms in total. The van der Waals surface area contributed by atoms with Gasteiger partial charge in [0.1, 0.15) is 17.2 Å². The maximum Gasteiger partial charge on any atom is 0.277 e. The SMILES string of the molecule is COc1ccc(OCC(=O)N/N=C/c2ccc(OCC(=O)N3CCOCC3)c(Br)c2)cc1. The lowest BCUT2D eigenvalue weighted by molar-refractivity contribution is -0.137. The van der Waals surface area contributed by atoms with Gasteiger partial charge in [0.15, 0.2) is 13.2 Å². The maximum absolute atomic E-state index is 12.2. The zero-order chi connectivity index (χ0) is 22.8. The molecule has 0 aromatic heterocycles. The number of rotatable bonds is 9. The van der Waals surface area contributed by atoms with Gasteiger partial charge in [0.05, 0.1) is 31.0 Å². The van der Waals surface area contributed by atoms with Crippen LogP contribution in [0.2, 0.25) is 0 Å². The van der Waals surface area contributed by atoms with Crippen LogP contribution in [0.1, 0.15) is 5.56 Å². The quantitative estimate of drug-likeness (QED) is 0.414. The van der Waals surface area contributed by atoms with E-state index in [1.54, 1.807) is 54.5 Å². The number of morpholine rings is 1. The van der Waals surface area contributed by atoms with Crippen molar-refractivity contribution in [3.8, 4) is 17.2 Å². The van der Waals surface area contributed by atoms with Crippen LogP contribution in [0.15, 0.2) is 52.0 Å². The number of nitrogens with one attached hydrogen (secondary N) is 1. The van der Waals surface area contributed by atoms with Crippen LogP contribution in [0, 0.1) is 0 Å². The van der Waals surface area contributed by atoms with E-state index in [2.05, 4.69) is 26.5 Å². The number of hydrogen-bond donors (Lipinski definition) is 1. The fourth-order valence-electron chi connectivity index (χ4n) is 2.79. The lowest BCUT2D eigenvalue weighted by Crippen LogP contribution is -2.43. The molecular formula is C22H24BrN3O6. The topological polar surface area (TPSA) is 98.7 Å². The molecule has 0 saturated carbocycles. The molecule has 1 aliphatic rings. The molecule has 1 N–H and O–H groups in total. The lowest BCUT2D eigenvalue weighted by atomic mass is 10.2. The Balaban J connectivity index is 1.42. The average molecular weight is 506 g/mol. The first-order valence-electron chi connectivity index (χ1n) is 9.92. The summed E-state index contributed by atoms with van der Waals surface area (Å²) in [5.41, 5.74) is 3.14. The second kappa shape index (κ2) is 12.1. The Morgan fingerprint density at radius 3 is 2.50 bits per heavy atom. The van der Waals surface area contributed by atoms with Crippen molar-refractivity contribution in [2.75, 3.05) is 46.6 Å². The molecule has 0 bridgehead atoms. The Labute approximate surface area is 194 Å². The number of carbonyl (C=O) groups excluding carboxylic acids is 2. The molecule has 2 aromatic rings. The summed E-state index contributed by atoms with van der Waals surface area (Å²) in [6.45, 7) is 2.04. The second-order valence-corrected chi connectivity index (χ2v) is 7.58. The minimum Gasteiger partial charge on any atom is -0.497 e. The molecule has 0 aliphatic carbocycles. The lowest BCUT2D eigenvalue weighted by Gasteiger charge is -2.26. The van der Waals surface area contributed by atoms with Crippen molar-refractivity contribution >= 4 is 34.0 Å². The Morgan fingerprint density at radius 2 is 1.81 bits per heavy atom. The molecule has 0 spiro atoms. The van der Waals surface area contributed by atoms with Crippen molar-refractivity contribution < 1.29 is 28.5 Å². The summed E-state index contributed by atoms with van der Waals surface area (Å²) < 4.78 is 22.0. The summed E-state index contributed by atoms with van der Waals surface area (Å²) in [7, 11) is 1.58. The predicted octanol–water partition coefficient (Wildman–Crippen LogP) is 2.22. The molecule has 1 saturated heterocycles. The van der Waals surface area contributed by atoms with E-state index in [0.29, 0.717) is 48.0 Å². The number of hydrazone groups is 1. The molecule has 10 heteroatoms. The molecule has 0 radical (unpaired) electrons. The van der Waals surface area contributed by atoms with E-state index < -0.39 is 5.91 Å². The van der Waals surface area contributed by atoms with Crippen LogP contribution in [0.25, 0.3) is 0 Å². The van der Waals surface area contributed by atoms with E-state index >= 15 is 0 Å². The molecule has 0 atom stereocenters.